The van der Waals surface area contributed by atoms with Crippen LogP contribution in [0.15, 0.2) is 72.9 Å². The molecule has 2 saturated heterocycles. The van der Waals surface area contributed by atoms with E-state index in [4.69, 9.17) is 24.2 Å². The van der Waals surface area contributed by atoms with Gasteiger partial charge >= 0.3 is 5.97 Å². The number of ether oxygens (including phenoxy) is 3. The van der Waals surface area contributed by atoms with Crippen molar-refractivity contribution in [1.29, 1.82) is 0 Å². The number of esters is 1. The maximum atomic E-state index is 12.8. The summed E-state index contributed by atoms with van der Waals surface area (Å²) in [5, 5.41) is 2.27. The van der Waals surface area contributed by atoms with Crippen molar-refractivity contribution in [3.63, 3.8) is 0 Å². The highest BCUT2D eigenvalue weighted by atomic mass is 16.6. The van der Waals surface area contributed by atoms with E-state index in [2.05, 4.69) is 38.7 Å². The molecule has 0 spiro atoms. The number of imidazole rings is 1. The summed E-state index contributed by atoms with van der Waals surface area (Å²) < 4.78 is 19.8. The average molecular weight is 620 g/mol. The molecule has 0 N–H and O–H groups in total. The predicted octanol–water partition coefficient (Wildman–Crippen LogP) is 6.68. The normalized spacial score (nSPS) is 17.7. The van der Waals surface area contributed by atoms with Crippen LogP contribution in [0.5, 0.6) is 5.88 Å². The standard InChI is InChI=1S/C37H41N5O4/c1-37(2,3)46-36(43)27-11-12-32-33(20-27)42(22-30-15-18-44-30)34(39-32)23-41-16-13-25(14-17-41)31-9-6-10-35(40-31)45-24-29-19-26-7-4-5-8-28(26)21-38-29/h4-12,19-21,25,30H,13-18,22-24H2,1-3H3. The lowest BCUT2D eigenvalue weighted by atomic mass is 9.93. The number of likely N-dealkylation sites (tertiary alicyclic amines) is 1. The first-order chi connectivity index (χ1) is 22.3. The van der Waals surface area contributed by atoms with Gasteiger partial charge in [0.05, 0.1) is 41.5 Å². The number of carbonyl (C=O) groups excluding carboxylic acids is 1. The van der Waals surface area contributed by atoms with Gasteiger partial charge in [-0.15, -0.1) is 0 Å². The Labute approximate surface area is 269 Å². The van der Waals surface area contributed by atoms with Gasteiger partial charge in [0.15, 0.2) is 0 Å². The van der Waals surface area contributed by atoms with Gasteiger partial charge < -0.3 is 18.8 Å². The quantitative estimate of drug-likeness (QED) is 0.169. The first-order valence-electron chi connectivity index (χ1n) is 16.3. The van der Waals surface area contributed by atoms with Gasteiger partial charge in [0.25, 0.3) is 0 Å². The van der Waals surface area contributed by atoms with Crippen LogP contribution < -0.4 is 4.74 Å². The number of nitrogens with zero attached hydrogens (tertiary/aromatic N) is 5. The maximum absolute atomic E-state index is 12.8. The number of benzene rings is 2. The van der Waals surface area contributed by atoms with Crippen LogP contribution >= 0.6 is 0 Å². The average Bonchev–Trinajstić information content (AvgIpc) is 3.37. The van der Waals surface area contributed by atoms with Crippen molar-refractivity contribution in [2.24, 2.45) is 0 Å². The van der Waals surface area contributed by atoms with Crippen LogP contribution in [0.3, 0.4) is 0 Å². The second-order valence-corrected chi connectivity index (χ2v) is 13.4. The highest BCUT2D eigenvalue weighted by molar-refractivity contribution is 5.94. The van der Waals surface area contributed by atoms with E-state index in [1.807, 2.05) is 69.4 Å². The third-order valence-electron chi connectivity index (χ3n) is 8.81. The van der Waals surface area contributed by atoms with E-state index in [0.29, 0.717) is 24.0 Å². The minimum Gasteiger partial charge on any atom is -0.471 e. The van der Waals surface area contributed by atoms with Crippen molar-refractivity contribution in [1.82, 2.24) is 24.4 Å². The molecule has 238 valence electrons. The fourth-order valence-corrected chi connectivity index (χ4v) is 6.27. The second kappa shape index (κ2) is 12.8. The topological polar surface area (TPSA) is 91.6 Å². The zero-order chi connectivity index (χ0) is 31.7. The lowest BCUT2D eigenvalue weighted by molar-refractivity contribution is -0.0592. The Kier molecular flexibility index (Phi) is 8.44. The molecule has 7 rings (SSSR count). The minimum atomic E-state index is -0.553. The van der Waals surface area contributed by atoms with Crippen LogP contribution in [0.1, 0.15) is 73.5 Å². The number of hydrogen-bond donors (Lipinski definition) is 0. The number of piperidine rings is 1. The van der Waals surface area contributed by atoms with Crippen molar-refractivity contribution in [2.45, 2.75) is 77.4 Å². The maximum Gasteiger partial charge on any atom is 0.338 e. The van der Waals surface area contributed by atoms with Crippen LogP contribution in [-0.4, -0.2) is 61.8 Å². The number of pyridine rings is 2. The van der Waals surface area contributed by atoms with Gasteiger partial charge in [-0.05, 0) is 88.8 Å². The predicted molar refractivity (Wildman–Crippen MR) is 177 cm³/mol. The summed E-state index contributed by atoms with van der Waals surface area (Å²) >= 11 is 0. The highest BCUT2D eigenvalue weighted by Gasteiger charge is 2.27. The van der Waals surface area contributed by atoms with Crippen molar-refractivity contribution in [3.8, 4) is 5.88 Å². The first-order valence-corrected chi connectivity index (χ1v) is 16.3. The lowest BCUT2D eigenvalue weighted by Crippen LogP contribution is -2.35. The van der Waals surface area contributed by atoms with Crippen LogP contribution in [-0.2, 0) is 29.2 Å². The largest absolute Gasteiger partial charge is 0.471 e. The minimum absolute atomic E-state index is 0.171. The highest BCUT2D eigenvalue weighted by Crippen LogP contribution is 2.30. The summed E-state index contributed by atoms with van der Waals surface area (Å²) in [5.41, 5.74) is 3.78. The molecule has 2 fully saturated rings. The van der Waals surface area contributed by atoms with Crippen LogP contribution in [0.2, 0.25) is 0 Å². The van der Waals surface area contributed by atoms with E-state index in [9.17, 15) is 4.79 Å². The molecule has 0 amide bonds. The fourth-order valence-electron chi connectivity index (χ4n) is 6.27. The SMILES string of the molecule is CC(C)(C)OC(=O)c1ccc2nc(CN3CCC(c4cccc(OCc5cc6ccccc6cn5)n4)CC3)n(CC3CCO3)c2c1. The molecule has 2 aromatic carbocycles. The summed E-state index contributed by atoms with van der Waals surface area (Å²) in [6.07, 6.45) is 5.12. The van der Waals surface area contributed by atoms with Gasteiger partial charge in [0.1, 0.15) is 18.0 Å². The molecule has 5 heterocycles. The molecule has 1 unspecified atom stereocenters. The van der Waals surface area contributed by atoms with Gasteiger partial charge in [0, 0.05) is 35.9 Å². The van der Waals surface area contributed by atoms with E-state index in [-0.39, 0.29) is 12.1 Å². The second-order valence-electron chi connectivity index (χ2n) is 13.4. The van der Waals surface area contributed by atoms with Crippen molar-refractivity contribution >= 4 is 27.8 Å². The molecule has 0 saturated carbocycles. The molecule has 9 nitrogen and oxygen atoms in total. The molecule has 46 heavy (non-hydrogen) atoms. The van der Waals surface area contributed by atoms with Crippen LogP contribution in [0.4, 0.5) is 0 Å². The van der Waals surface area contributed by atoms with Gasteiger partial charge in [0.2, 0.25) is 5.88 Å². The van der Waals surface area contributed by atoms with Crippen molar-refractivity contribution in [2.75, 3.05) is 19.7 Å². The number of carbonyl (C=O) groups is 1. The summed E-state index contributed by atoms with van der Waals surface area (Å²) in [6, 6.07) is 22.0. The molecule has 2 aliphatic heterocycles. The number of fused-ring (bicyclic) bond motifs is 2. The molecule has 3 aromatic heterocycles. The Balaban J connectivity index is 1.00. The molecule has 0 radical (unpaired) electrons. The van der Waals surface area contributed by atoms with Crippen molar-refractivity contribution in [3.05, 3.63) is 95.7 Å². The Hall–Kier alpha value is -4.34. The Morgan fingerprint density at radius 2 is 1.76 bits per heavy atom. The molecule has 9 heteroatoms. The summed E-state index contributed by atoms with van der Waals surface area (Å²) in [6.45, 7) is 10.2. The molecule has 2 aliphatic rings. The molecule has 0 aliphatic carbocycles. The van der Waals surface area contributed by atoms with Crippen molar-refractivity contribution < 1.29 is 19.0 Å². The smallest absolute Gasteiger partial charge is 0.338 e. The van der Waals surface area contributed by atoms with Gasteiger partial charge in [-0.3, -0.25) is 9.88 Å². The summed E-state index contributed by atoms with van der Waals surface area (Å²) in [5.74, 6) is 1.69. The van der Waals surface area contributed by atoms with E-state index in [1.165, 1.54) is 0 Å². The number of rotatable bonds is 9. The lowest BCUT2D eigenvalue weighted by Gasteiger charge is -2.32. The van der Waals surface area contributed by atoms with E-state index >= 15 is 0 Å². The van der Waals surface area contributed by atoms with Gasteiger partial charge in [-0.25, -0.2) is 14.8 Å². The Morgan fingerprint density at radius 3 is 2.52 bits per heavy atom. The number of hydrogen-bond acceptors (Lipinski definition) is 8. The molecular weight excluding hydrogens is 578 g/mol. The molecular formula is C37H41N5O4. The van der Waals surface area contributed by atoms with E-state index in [1.54, 1.807) is 0 Å². The molecule has 1 atom stereocenters. The summed E-state index contributed by atoms with van der Waals surface area (Å²) in [4.78, 5) is 29.8. The van der Waals surface area contributed by atoms with Crippen LogP contribution in [0, 0.1) is 0 Å². The molecule has 0 bridgehead atoms. The zero-order valence-electron chi connectivity index (χ0n) is 26.8. The monoisotopic (exact) mass is 619 g/mol. The fraction of sp³-hybridized carbons (Fsp3) is 0.405. The third-order valence-corrected chi connectivity index (χ3v) is 8.81. The third kappa shape index (κ3) is 6.90. The van der Waals surface area contributed by atoms with Crippen LogP contribution in [0.25, 0.3) is 21.8 Å². The Morgan fingerprint density at radius 1 is 0.957 bits per heavy atom. The first kappa shape index (κ1) is 30.3. The zero-order valence-corrected chi connectivity index (χ0v) is 26.8. The molecule has 5 aromatic rings. The van der Waals surface area contributed by atoms with Gasteiger partial charge in [-0.1, -0.05) is 30.3 Å². The van der Waals surface area contributed by atoms with E-state index in [0.717, 1.165) is 91.1 Å². The van der Waals surface area contributed by atoms with Gasteiger partial charge in [-0.2, -0.15) is 0 Å². The Bertz CT molecular complexity index is 1850. The summed E-state index contributed by atoms with van der Waals surface area (Å²) in [7, 11) is 0. The van der Waals surface area contributed by atoms with E-state index < -0.39 is 5.60 Å². The number of aromatic nitrogens is 4.